The molecule has 118 valence electrons. The molecule has 0 aromatic heterocycles. The summed E-state index contributed by atoms with van der Waals surface area (Å²) in [6.45, 7) is 5.96. The monoisotopic (exact) mass is 327 g/mol. The van der Waals surface area contributed by atoms with Crippen LogP contribution < -0.4 is 10.1 Å². The second-order valence-electron chi connectivity index (χ2n) is 5.41. The molecule has 0 radical (unpaired) electrons. The number of hydrogen-bond acceptors (Lipinski definition) is 5. The summed E-state index contributed by atoms with van der Waals surface area (Å²) in [5.41, 5.74) is 2.23. The highest BCUT2D eigenvalue weighted by atomic mass is 32.2. The fourth-order valence-electron chi connectivity index (χ4n) is 2.33. The average Bonchev–Trinajstić information content (AvgIpc) is 2.48. The second-order valence-corrected chi connectivity index (χ2v) is 7.97. The van der Waals surface area contributed by atoms with Crippen LogP contribution in [0, 0.1) is 13.8 Å². The number of nitrogens with one attached hydrogen (secondary N) is 1. The standard InChI is InChI=1S/C16H25NO2S2/c1-12-4-3-5-13(2)16(12)19-10-14(18)8-17-9-15-11-20-6-7-21-15/h3-5,14-15,17-18H,6-11H2,1-2H3. The van der Waals surface area contributed by atoms with Gasteiger partial charge in [-0.05, 0) is 25.0 Å². The molecule has 1 saturated heterocycles. The van der Waals surface area contributed by atoms with Crippen LogP contribution in [0.2, 0.25) is 0 Å². The van der Waals surface area contributed by atoms with E-state index in [1.165, 1.54) is 17.3 Å². The van der Waals surface area contributed by atoms with Gasteiger partial charge in [0.2, 0.25) is 0 Å². The van der Waals surface area contributed by atoms with Crippen molar-refractivity contribution >= 4 is 23.5 Å². The van der Waals surface area contributed by atoms with Crippen LogP contribution >= 0.6 is 23.5 Å². The van der Waals surface area contributed by atoms with Crippen molar-refractivity contribution < 1.29 is 9.84 Å². The summed E-state index contributed by atoms with van der Waals surface area (Å²) in [6.07, 6.45) is -0.467. The van der Waals surface area contributed by atoms with Crippen LogP contribution in [0.4, 0.5) is 0 Å². The predicted molar refractivity (Wildman–Crippen MR) is 93.9 cm³/mol. The summed E-state index contributed by atoms with van der Waals surface area (Å²) in [6, 6.07) is 6.09. The molecule has 0 spiro atoms. The highest BCUT2D eigenvalue weighted by molar-refractivity contribution is 8.06. The molecule has 21 heavy (non-hydrogen) atoms. The highest BCUT2D eigenvalue weighted by Gasteiger charge is 2.14. The van der Waals surface area contributed by atoms with E-state index in [1.807, 2.05) is 55.6 Å². The van der Waals surface area contributed by atoms with Gasteiger partial charge in [-0.3, -0.25) is 0 Å². The number of ether oxygens (including phenoxy) is 1. The molecule has 0 aliphatic carbocycles. The van der Waals surface area contributed by atoms with Gasteiger partial charge in [0.1, 0.15) is 18.5 Å². The van der Waals surface area contributed by atoms with Crippen LogP contribution in [0.5, 0.6) is 5.75 Å². The van der Waals surface area contributed by atoms with E-state index in [1.54, 1.807) is 0 Å². The number of aliphatic hydroxyl groups excluding tert-OH is 1. The van der Waals surface area contributed by atoms with Gasteiger partial charge in [0.15, 0.2) is 0 Å². The smallest absolute Gasteiger partial charge is 0.125 e. The van der Waals surface area contributed by atoms with Crippen molar-refractivity contribution in [2.75, 3.05) is 37.0 Å². The predicted octanol–water partition coefficient (Wildman–Crippen LogP) is 2.48. The highest BCUT2D eigenvalue weighted by Crippen LogP contribution is 2.23. The summed E-state index contributed by atoms with van der Waals surface area (Å²) in [5, 5.41) is 14.1. The lowest BCUT2D eigenvalue weighted by molar-refractivity contribution is 0.106. The maximum atomic E-state index is 10.0. The minimum absolute atomic E-state index is 0.339. The number of thioether (sulfide) groups is 2. The zero-order valence-corrected chi connectivity index (χ0v) is 14.4. The largest absolute Gasteiger partial charge is 0.490 e. The normalized spacial score (nSPS) is 20.2. The van der Waals surface area contributed by atoms with Gasteiger partial charge in [-0.25, -0.2) is 0 Å². The Morgan fingerprint density at radius 1 is 1.33 bits per heavy atom. The van der Waals surface area contributed by atoms with Crippen LogP contribution in [0.1, 0.15) is 11.1 Å². The van der Waals surface area contributed by atoms with Gasteiger partial charge in [0.25, 0.3) is 0 Å². The molecule has 3 nitrogen and oxygen atoms in total. The zero-order chi connectivity index (χ0) is 15.1. The Labute approximate surface area is 136 Å². The number of aliphatic hydroxyl groups is 1. The van der Waals surface area contributed by atoms with E-state index in [2.05, 4.69) is 5.32 Å². The molecule has 1 aliphatic rings. The first-order valence-corrected chi connectivity index (χ1v) is 9.64. The topological polar surface area (TPSA) is 41.5 Å². The van der Waals surface area contributed by atoms with E-state index in [-0.39, 0.29) is 0 Å². The molecule has 0 saturated carbocycles. The molecule has 1 heterocycles. The average molecular weight is 328 g/mol. The molecule has 1 aliphatic heterocycles. The van der Waals surface area contributed by atoms with Crippen molar-refractivity contribution in [3.05, 3.63) is 29.3 Å². The molecule has 2 rings (SSSR count). The van der Waals surface area contributed by atoms with E-state index in [9.17, 15) is 5.11 Å². The molecule has 0 amide bonds. The zero-order valence-electron chi connectivity index (χ0n) is 12.8. The van der Waals surface area contributed by atoms with E-state index in [0.717, 1.165) is 23.4 Å². The first kappa shape index (κ1) is 17.0. The Morgan fingerprint density at radius 2 is 2.10 bits per heavy atom. The third-order valence-electron chi connectivity index (χ3n) is 3.47. The summed E-state index contributed by atoms with van der Waals surface area (Å²) in [4.78, 5) is 0. The van der Waals surface area contributed by atoms with Crippen molar-refractivity contribution in [3.63, 3.8) is 0 Å². The number of hydrogen-bond donors (Lipinski definition) is 2. The lowest BCUT2D eigenvalue weighted by atomic mass is 10.1. The van der Waals surface area contributed by atoms with Crippen LogP contribution in [-0.2, 0) is 0 Å². The maximum absolute atomic E-state index is 10.0. The third-order valence-corrected chi connectivity index (χ3v) is 6.31. The molecule has 1 aromatic carbocycles. The molecule has 1 fully saturated rings. The van der Waals surface area contributed by atoms with Crippen LogP contribution in [0.25, 0.3) is 0 Å². The fraction of sp³-hybridized carbons (Fsp3) is 0.625. The second kappa shape index (κ2) is 8.93. The first-order valence-electron chi connectivity index (χ1n) is 7.44. The summed E-state index contributed by atoms with van der Waals surface area (Å²) >= 11 is 4.06. The van der Waals surface area contributed by atoms with Crippen LogP contribution in [-0.4, -0.2) is 53.4 Å². The number of rotatable bonds is 7. The quantitative estimate of drug-likeness (QED) is 0.805. The SMILES string of the molecule is Cc1cccc(C)c1OCC(O)CNCC1CSCCS1. The van der Waals surface area contributed by atoms with E-state index >= 15 is 0 Å². The van der Waals surface area contributed by atoms with Crippen LogP contribution in [0.15, 0.2) is 18.2 Å². The summed E-state index contributed by atoms with van der Waals surface area (Å²) < 4.78 is 5.77. The third kappa shape index (κ3) is 5.74. The van der Waals surface area contributed by atoms with Crippen molar-refractivity contribution in [1.82, 2.24) is 5.32 Å². The Bertz CT molecular complexity index is 416. The lowest BCUT2D eigenvalue weighted by Crippen LogP contribution is -2.36. The molecule has 2 unspecified atom stereocenters. The van der Waals surface area contributed by atoms with Crippen LogP contribution in [0.3, 0.4) is 0 Å². The van der Waals surface area contributed by atoms with Gasteiger partial charge in [0.05, 0.1) is 0 Å². The minimum atomic E-state index is -0.467. The van der Waals surface area contributed by atoms with Gasteiger partial charge in [-0.1, -0.05) is 18.2 Å². The summed E-state index contributed by atoms with van der Waals surface area (Å²) in [5.74, 6) is 4.63. The Balaban J connectivity index is 1.66. The van der Waals surface area contributed by atoms with Crippen molar-refractivity contribution in [1.29, 1.82) is 0 Å². The molecule has 2 atom stereocenters. The van der Waals surface area contributed by atoms with Gasteiger partial charge in [0, 0.05) is 35.6 Å². The van der Waals surface area contributed by atoms with Gasteiger partial charge < -0.3 is 15.2 Å². The Hall–Kier alpha value is -0.360. The molecule has 0 bridgehead atoms. The van der Waals surface area contributed by atoms with E-state index in [0.29, 0.717) is 18.4 Å². The summed E-state index contributed by atoms with van der Waals surface area (Å²) in [7, 11) is 0. The first-order chi connectivity index (χ1) is 10.2. The molecular formula is C16H25NO2S2. The van der Waals surface area contributed by atoms with E-state index in [4.69, 9.17) is 4.74 Å². The number of para-hydroxylation sites is 1. The maximum Gasteiger partial charge on any atom is 0.125 e. The van der Waals surface area contributed by atoms with Crippen molar-refractivity contribution in [2.45, 2.75) is 25.2 Å². The molecule has 5 heteroatoms. The van der Waals surface area contributed by atoms with Gasteiger partial charge in [-0.2, -0.15) is 23.5 Å². The van der Waals surface area contributed by atoms with E-state index < -0.39 is 6.10 Å². The van der Waals surface area contributed by atoms with Gasteiger partial charge >= 0.3 is 0 Å². The molecular weight excluding hydrogens is 302 g/mol. The Kier molecular flexibility index (Phi) is 7.23. The minimum Gasteiger partial charge on any atom is -0.490 e. The molecule has 1 aromatic rings. The number of benzene rings is 1. The van der Waals surface area contributed by atoms with Crippen molar-refractivity contribution in [2.24, 2.45) is 0 Å². The fourth-order valence-corrected chi connectivity index (χ4v) is 4.98. The molecule has 2 N–H and O–H groups in total. The number of aryl methyl sites for hydroxylation is 2. The Morgan fingerprint density at radius 3 is 2.76 bits per heavy atom. The van der Waals surface area contributed by atoms with Gasteiger partial charge in [-0.15, -0.1) is 0 Å². The van der Waals surface area contributed by atoms with Crippen molar-refractivity contribution in [3.8, 4) is 5.75 Å². The lowest BCUT2D eigenvalue weighted by Gasteiger charge is -2.22.